The number of nitrogens with one attached hydrogen (secondary N) is 1. The third kappa shape index (κ3) is 4.60. The molecule has 1 amide bonds. The molecular formula is C10H17N3O2. The van der Waals surface area contributed by atoms with Crippen LogP contribution < -0.4 is 5.32 Å². The first-order valence-electron chi connectivity index (χ1n) is 5.21. The molecule has 1 rings (SSSR count). The van der Waals surface area contributed by atoms with Crippen LogP contribution in [0.1, 0.15) is 25.7 Å². The van der Waals surface area contributed by atoms with Gasteiger partial charge in [-0.05, 0) is 12.8 Å². The van der Waals surface area contributed by atoms with E-state index >= 15 is 0 Å². The van der Waals surface area contributed by atoms with Gasteiger partial charge in [0, 0.05) is 25.5 Å². The fraction of sp³-hybridized carbons (Fsp3) is 0.600. The van der Waals surface area contributed by atoms with E-state index in [1.54, 1.807) is 12.4 Å². The number of hydrogen-bond acceptors (Lipinski definition) is 3. The van der Waals surface area contributed by atoms with E-state index in [4.69, 9.17) is 5.11 Å². The van der Waals surface area contributed by atoms with E-state index in [0.717, 1.165) is 25.7 Å². The highest BCUT2D eigenvalue weighted by molar-refractivity contribution is 5.76. The monoisotopic (exact) mass is 211 g/mol. The lowest BCUT2D eigenvalue weighted by molar-refractivity contribution is 0.242. The Bertz CT molecular complexity index is 272. The second kappa shape index (κ2) is 7.00. The third-order valence-electron chi connectivity index (χ3n) is 2.10. The van der Waals surface area contributed by atoms with Crippen molar-refractivity contribution in [1.29, 1.82) is 0 Å². The van der Waals surface area contributed by atoms with Crippen molar-refractivity contribution in [3.8, 4) is 0 Å². The van der Waals surface area contributed by atoms with E-state index in [-0.39, 0.29) is 12.6 Å². The summed E-state index contributed by atoms with van der Waals surface area (Å²) < 4.78 is 1.41. The van der Waals surface area contributed by atoms with E-state index < -0.39 is 0 Å². The van der Waals surface area contributed by atoms with Gasteiger partial charge in [0.1, 0.15) is 6.33 Å². The van der Waals surface area contributed by atoms with Crippen LogP contribution in [0.5, 0.6) is 0 Å². The first-order valence-corrected chi connectivity index (χ1v) is 5.21. The first kappa shape index (κ1) is 11.7. The Labute approximate surface area is 89.1 Å². The van der Waals surface area contributed by atoms with Crippen LogP contribution in [0.2, 0.25) is 0 Å². The summed E-state index contributed by atoms with van der Waals surface area (Å²) >= 11 is 0. The molecule has 1 aromatic rings. The summed E-state index contributed by atoms with van der Waals surface area (Å²) in [5.74, 6) is 0. The summed E-state index contributed by atoms with van der Waals surface area (Å²) in [7, 11) is 0. The van der Waals surface area contributed by atoms with E-state index in [1.165, 1.54) is 10.9 Å². The highest BCUT2D eigenvalue weighted by atomic mass is 16.2. The van der Waals surface area contributed by atoms with Gasteiger partial charge < -0.3 is 10.4 Å². The van der Waals surface area contributed by atoms with Crippen molar-refractivity contribution in [2.75, 3.05) is 13.2 Å². The van der Waals surface area contributed by atoms with Crippen molar-refractivity contribution in [2.45, 2.75) is 25.7 Å². The SMILES string of the molecule is O=C(NCCCCCCO)n1ccnc1. The number of rotatable bonds is 6. The Hall–Kier alpha value is -1.36. The molecule has 0 atom stereocenters. The molecule has 0 saturated heterocycles. The van der Waals surface area contributed by atoms with Crippen LogP contribution >= 0.6 is 0 Å². The lowest BCUT2D eigenvalue weighted by Crippen LogP contribution is -2.28. The van der Waals surface area contributed by atoms with E-state index in [2.05, 4.69) is 10.3 Å². The predicted molar refractivity (Wildman–Crippen MR) is 56.6 cm³/mol. The fourth-order valence-corrected chi connectivity index (χ4v) is 1.26. The average Bonchev–Trinajstić information content (AvgIpc) is 2.76. The number of aromatic nitrogens is 2. The second-order valence-electron chi connectivity index (χ2n) is 3.34. The molecule has 0 unspecified atom stereocenters. The van der Waals surface area contributed by atoms with Gasteiger partial charge in [0.05, 0.1) is 0 Å². The number of amides is 1. The maximum absolute atomic E-state index is 11.4. The zero-order valence-corrected chi connectivity index (χ0v) is 8.72. The summed E-state index contributed by atoms with van der Waals surface area (Å²) in [6.07, 6.45) is 8.49. The lowest BCUT2D eigenvalue weighted by atomic mass is 10.2. The van der Waals surface area contributed by atoms with Gasteiger partial charge in [-0.15, -0.1) is 0 Å². The van der Waals surface area contributed by atoms with Crippen molar-refractivity contribution in [2.24, 2.45) is 0 Å². The van der Waals surface area contributed by atoms with E-state index in [0.29, 0.717) is 6.54 Å². The standard InChI is InChI=1S/C10H17N3O2/c14-8-4-2-1-3-5-12-10(15)13-7-6-11-9-13/h6-7,9,14H,1-5,8H2,(H,12,15). The fourth-order valence-electron chi connectivity index (χ4n) is 1.26. The normalized spacial score (nSPS) is 10.2. The Morgan fingerprint density at radius 3 is 2.80 bits per heavy atom. The molecule has 1 heterocycles. The maximum Gasteiger partial charge on any atom is 0.326 e. The van der Waals surface area contributed by atoms with Crippen molar-refractivity contribution in [3.05, 3.63) is 18.7 Å². The van der Waals surface area contributed by atoms with Crippen LogP contribution in [-0.2, 0) is 0 Å². The largest absolute Gasteiger partial charge is 0.396 e. The second-order valence-corrected chi connectivity index (χ2v) is 3.34. The number of imidazole rings is 1. The molecular weight excluding hydrogens is 194 g/mol. The smallest absolute Gasteiger partial charge is 0.326 e. The zero-order valence-electron chi connectivity index (χ0n) is 8.72. The summed E-state index contributed by atoms with van der Waals surface area (Å²) in [5, 5.41) is 11.3. The number of aliphatic hydroxyl groups excluding tert-OH is 1. The van der Waals surface area contributed by atoms with Gasteiger partial charge in [0.25, 0.3) is 0 Å². The molecule has 0 bridgehead atoms. The molecule has 0 aliphatic carbocycles. The first-order chi connectivity index (χ1) is 7.34. The highest BCUT2D eigenvalue weighted by Crippen LogP contribution is 1.97. The van der Waals surface area contributed by atoms with Crippen molar-refractivity contribution in [3.63, 3.8) is 0 Å². The zero-order chi connectivity index (χ0) is 10.9. The lowest BCUT2D eigenvalue weighted by Gasteiger charge is -2.04. The summed E-state index contributed by atoms with van der Waals surface area (Å²) in [5.41, 5.74) is 0. The molecule has 0 saturated carbocycles. The van der Waals surface area contributed by atoms with E-state index in [1.807, 2.05) is 0 Å². The van der Waals surface area contributed by atoms with Gasteiger partial charge in [-0.2, -0.15) is 0 Å². The molecule has 0 aromatic carbocycles. The van der Waals surface area contributed by atoms with Gasteiger partial charge in [-0.25, -0.2) is 9.78 Å². The predicted octanol–water partition coefficient (Wildman–Crippen LogP) is 0.994. The van der Waals surface area contributed by atoms with Crippen molar-refractivity contribution >= 4 is 6.03 Å². The Morgan fingerprint density at radius 2 is 2.13 bits per heavy atom. The van der Waals surface area contributed by atoms with Crippen LogP contribution in [0.25, 0.3) is 0 Å². The minimum absolute atomic E-state index is 0.144. The number of nitrogens with zero attached hydrogens (tertiary/aromatic N) is 2. The Morgan fingerprint density at radius 1 is 1.33 bits per heavy atom. The van der Waals surface area contributed by atoms with Crippen LogP contribution in [0, 0.1) is 0 Å². The van der Waals surface area contributed by atoms with Crippen LogP contribution in [0.4, 0.5) is 4.79 Å². The molecule has 1 aromatic heterocycles. The maximum atomic E-state index is 11.4. The Balaban J connectivity index is 2.03. The van der Waals surface area contributed by atoms with Crippen molar-refractivity contribution < 1.29 is 9.90 Å². The molecule has 5 nitrogen and oxygen atoms in total. The van der Waals surface area contributed by atoms with Gasteiger partial charge >= 0.3 is 6.03 Å². The van der Waals surface area contributed by atoms with Gasteiger partial charge in [0.15, 0.2) is 0 Å². The number of carbonyl (C=O) groups is 1. The molecule has 0 aliphatic heterocycles. The highest BCUT2D eigenvalue weighted by Gasteiger charge is 2.00. The average molecular weight is 211 g/mol. The van der Waals surface area contributed by atoms with Gasteiger partial charge in [-0.3, -0.25) is 4.57 Å². The summed E-state index contributed by atoms with van der Waals surface area (Å²) in [4.78, 5) is 15.2. The molecule has 15 heavy (non-hydrogen) atoms. The quantitative estimate of drug-likeness (QED) is 0.690. The van der Waals surface area contributed by atoms with Gasteiger partial charge in [-0.1, -0.05) is 12.8 Å². The molecule has 5 heteroatoms. The van der Waals surface area contributed by atoms with Gasteiger partial charge in [0.2, 0.25) is 0 Å². The summed E-state index contributed by atoms with van der Waals surface area (Å²) in [6, 6.07) is -0.144. The van der Waals surface area contributed by atoms with Crippen LogP contribution in [-0.4, -0.2) is 33.8 Å². The number of hydrogen-bond donors (Lipinski definition) is 2. The molecule has 0 aliphatic rings. The molecule has 0 spiro atoms. The molecule has 0 fully saturated rings. The number of aliphatic hydroxyl groups is 1. The molecule has 2 N–H and O–H groups in total. The Kier molecular flexibility index (Phi) is 5.47. The van der Waals surface area contributed by atoms with Crippen LogP contribution in [0.15, 0.2) is 18.7 Å². The molecule has 0 radical (unpaired) electrons. The minimum Gasteiger partial charge on any atom is -0.396 e. The van der Waals surface area contributed by atoms with Crippen molar-refractivity contribution in [1.82, 2.24) is 14.9 Å². The third-order valence-corrected chi connectivity index (χ3v) is 2.10. The summed E-state index contributed by atoms with van der Waals surface area (Å²) in [6.45, 7) is 0.920. The number of unbranched alkanes of at least 4 members (excludes halogenated alkanes) is 3. The van der Waals surface area contributed by atoms with E-state index in [9.17, 15) is 4.79 Å². The van der Waals surface area contributed by atoms with Crippen LogP contribution in [0.3, 0.4) is 0 Å². The number of carbonyl (C=O) groups excluding carboxylic acids is 1. The molecule has 84 valence electrons. The topological polar surface area (TPSA) is 67.2 Å². The minimum atomic E-state index is -0.144.